The number of halogens is 5. The number of nitrogens with zero attached hydrogens (tertiary/aromatic N) is 1. The Balaban J connectivity index is 1.35. The number of carbonyl (C=O) groups excluding carboxylic acids is 2. The van der Waals surface area contributed by atoms with Crippen molar-refractivity contribution in [1.82, 2.24) is 10.3 Å². The van der Waals surface area contributed by atoms with Gasteiger partial charge < -0.3 is 20.5 Å². The van der Waals surface area contributed by atoms with E-state index in [-0.39, 0.29) is 16.5 Å². The zero-order valence-electron chi connectivity index (χ0n) is 17.6. The van der Waals surface area contributed by atoms with E-state index < -0.39 is 53.0 Å². The summed E-state index contributed by atoms with van der Waals surface area (Å²) in [7, 11) is 0. The molecule has 2 amide bonds. The van der Waals surface area contributed by atoms with Crippen LogP contribution in [0.4, 0.5) is 17.6 Å². The van der Waals surface area contributed by atoms with E-state index in [1.54, 1.807) is 0 Å². The molecule has 12 heteroatoms. The third-order valence-electron chi connectivity index (χ3n) is 6.26. The molecule has 1 aromatic heterocycles. The normalized spacial score (nSPS) is 24.1. The molecule has 2 bridgehead atoms. The molecule has 1 aromatic carbocycles. The van der Waals surface area contributed by atoms with Crippen molar-refractivity contribution >= 4 is 23.4 Å². The molecule has 1 atom stereocenters. The lowest BCUT2D eigenvalue weighted by atomic mass is 9.61. The van der Waals surface area contributed by atoms with E-state index in [4.69, 9.17) is 26.8 Å². The highest BCUT2D eigenvalue weighted by molar-refractivity contribution is 6.30. The fourth-order valence-electron chi connectivity index (χ4n) is 4.91. The van der Waals surface area contributed by atoms with E-state index in [1.165, 1.54) is 12.1 Å². The summed E-state index contributed by atoms with van der Waals surface area (Å²) in [5, 5.41) is 2.76. The number of carbonyl (C=O) groups is 2. The van der Waals surface area contributed by atoms with Crippen LogP contribution in [0.25, 0.3) is 0 Å². The number of rotatable bonds is 8. The minimum atomic E-state index is -4.58. The van der Waals surface area contributed by atoms with Gasteiger partial charge in [0.1, 0.15) is 17.3 Å². The number of hydrogen-bond donors (Lipinski definition) is 2. The minimum Gasteiger partial charge on any atom is -0.482 e. The Bertz CT molecular complexity index is 1120. The van der Waals surface area contributed by atoms with Gasteiger partial charge in [0.25, 0.3) is 11.8 Å². The molecule has 1 heterocycles. The quantitative estimate of drug-likeness (QED) is 0.538. The van der Waals surface area contributed by atoms with Gasteiger partial charge in [-0.15, -0.1) is 0 Å². The van der Waals surface area contributed by atoms with Crippen molar-refractivity contribution in [2.75, 3.05) is 6.61 Å². The second kappa shape index (κ2) is 8.61. The lowest BCUT2D eigenvalue weighted by Gasteiger charge is -2.50. The third kappa shape index (κ3) is 4.75. The molecule has 1 unspecified atom stereocenters. The van der Waals surface area contributed by atoms with E-state index in [2.05, 4.69) is 10.3 Å². The number of primary amides is 1. The van der Waals surface area contributed by atoms with Crippen LogP contribution in [-0.4, -0.2) is 35.0 Å². The van der Waals surface area contributed by atoms with Crippen LogP contribution in [0.3, 0.4) is 0 Å². The van der Waals surface area contributed by atoms with E-state index in [0.29, 0.717) is 31.9 Å². The molecule has 0 spiro atoms. The Labute approximate surface area is 196 Å². The minimum absolute atomic E-state index is 0.0875. The number of amides is 2. The molecule has 3 saturated carbocycles. The van der Waals surface area contributed by atoms with E-state index >= 15 is 0 Å². The Morgan fingerprint density at radius 2 is 1.91 bits per heavy atom. The maximum absolute atomic E-state index is 13.7. The van der Waals surface area contributed by atoms with Crippen molar-refractivity contribution in [2.24, 2.45) is 11.1 Å². The van der Waals surface area contributed by atoms with Gasteiger partial charge in [0.15, 0.2) is 12.7 Å². The summed E-state index contributed by atoms with van der Waals surface area (Å²) >= 11 is 5.68. The monoisotopic (exact) mass is 501 g/mol. The first kappa shape index (κ1) is 24.1. The molecule has 34 heavy (non-hydrogen) atoms. The SMILES string of the molecule is NC(=O)C(Oc1ccc(Cl)c(F)c1)C12CCC(NC(=O)COc3cncc(C(F)(F)F)c3)(C1)C2. The zero-order valence-corrected chi connectivity index (χ0v) is 18.4. The van der Waals surface area contributed by atoms with Crippen LogP contribution >= 0.6 is 11.6 Å². The van der Waals surface area contributed by atoms with Gasteiger partial charge in [0.05, 0.1) is 16.8 Å². The number of hydrogen-bond acceptors (Lipinski definition) is 5. The molecule has 0 aliphatic heterocycles. The summed E-state index contributed by atoms with van der Waals surface area (Å²) in [5.41, 5.74) is 3.35. The summed E-state index contributed by atoms with van der Waals surface area (Å²) < 4.78 is 63.0. The van der Waals surface area contributed by atoms with Crippen molar-refractivity contribution in [2.45, 2.75) is 43.5 Å². The average Bonchev–Trinajstić information content (AvgIpc) is 3.28. The molecule has 5 rings (SSSR count). The Morgan fingerprint density at radius 3 is 2.56 bits per heavy atom. The molecule has 3 aliphatic carbocycles. The van der Waals surface area contributed by atoms with Gasteiger partial charge in [-0.3, -0.25) is 14.6 Å². The first-order chi connectivity index (χ1) is 15.9. The summed E-state index contributed by atoms with van der Waals surface area (Å²) in [6, 6.07) is 4.57. The van der Waals surface area contributed by atoms with Gasteiger partial charge >= 0.3 is 6.18 Å². The average molecular weight is 502 g/mol. The van der Waals surface area contributed by atoms with Crippen LogP contribution in [0.1, 0.15) is 31.2 Å². The molecule has 0 saturated heterocycles. The van der Waals surface area contributed by atoms with E-state index in [0.717, 1.165) is 18.3 Å². The summed E-state index contributed by atoms with van der Waals surface area (Å²) in [4.78, 5) is 28.0. The van der Waals surface area contributed by atoms with Gasteiger partial charge in [-0.05, 0) is 43.9 Å². The van der Waals surface area contributed by atoms with E-state index in [9.17, 15) is 27.2 Å². The largest absolute Gasteiger partial charge is 0.482 e. The highest BCUT2D eigenvalue weighted by atomic mass is 35.5. The molecule has 7 nitrogen and oxygen atoms in total. The van der Waals surface area contributed by atoms with Crippen LogP contribution in [0, 0.1) is 11.2 Å². The number of nitrogens with one attached hydrogen (secondary N) is 1. The molecule has 3 N–H and O–H groups in total. The lowest BCUT2D eigenvalue weighted by molar-refractivity contribution is -0.138. The van der Waals surface area contributed by atoms with Crippen molar-refractivity contribution < 1.29 is 36.6 Å². The van der Waals surface area contributed by atoms with Crippen molar-refractivity contribution in [3.8, 4) is 11.5 Å². The van der Waals surface area contributed by atoms with Gasteiger partial charge in [-0.25, -0.2) is 4.39 Å². The maximum atomic E-state index is 13.7. The Hall–Kier alpha value is -3.08. The maximum Gasteiger partial charge on any atom is 0.418 e. The first-order valence-corrected chi connectivity index (χ1v) is 10.7. The van der Waals surface area contributed by atoms with Crippen molar-refractivity contribution in [3.63, 3.8) is 0 Å². The van der Waals surface area contributed by atoms with Crippen LogP contribution < -0.4 is 20.5 Å². The summed E-state index contributed by atoms with van der Waals surface area (Å²) in [6.07, 6.45) is -1.98. The lowest BCUT2D eigenvalue weighted by Crippen LogP contribution is -2.62. The number of fused-ring (bicyclic) bond motifs is 1. The van der Waals surface area contributed by atoms with Crippen LogP contribution in [0.5, 0.6) is 11.5 Å². The summed E-state index contributed by atoms with van der Waals surface area (Å²) in [5.74, 6) is -2.01. The van der Waals surface area contributed by atoms with Gasteiger partial charge in [0, 0.05) is 23.2 Å². The van der Waals surface area contributed by atoms with Crippen molar-refractivity contribution in [1.29, 1.82) is 0 Å². The van der Waals surface area contributed by atoms with Crippen molar-refractivity contribution in [3.05, 3.63) is 53.1 Å². The van der Waals surface area contributed by atoms with Crippen LogP contribution in [0.2, 0.25) is 5.02 Å². The van der Waals surface area contributed by atoms with Gasteiger partial charge in [0.2, 0.25) is 0 Å². The van der Waals surface area contributed by atoms with Crippen LogP contribution in [-0.2, 0) is 15.8 Å². The van der Waals surface area contributed by atoms with Crippen LogP contribution in [0.15, 0.2) is 36.7 Å². The predicted octanol–water partition coefficient (Wildman–Crippen LogP) is 3.63. The Kier molecular flexibility index (Phi) is 6.09. The molecule has 3 fully saturated rings. The predicted molar refractivity (Wildman–Crippen MR) is 112 cm³/mol. The Morgan fingerprint density at radius 1 is 1.18 bits per heavy atom. The van der Waals surface area contributed by atoms with Gasteiger partial charge in [-0.1, -0.05) is 11.6 Å². The standard InChI is InChI=1S/C22H20ClF4N3O4/c23-15-2-1-13(6-16(15)24)34-18(19(28)32)20-3-4-21(10-20,11-20)30-17(31)9-33-14-5-12(7-29-8-14)22(25,26)27/h1-2,5-8,18H,3-4,9-11H2,(H2,28,32)(H,30,31). The fraction of sp³-hybridized carbons (Fsp3) is 0.409. The number of benzene rings is 1. The molecular formula is C22H20ClF4N3O4. The molecule has 182 valence electrons. The number of nitrogens with two attached hydrogens (primary N) is 1. The molecule has 3 aliphatic rings. The molecule has 0 radical (unpaired) electrons. The second-order valence-corrected chi connectivity index (χ2v) is 9.12. The second-order valence-electron chi connectivity index (χ2n) is 8.72. The first-order valence-electron chi connectivity index (χ1n) is 10.3. The number of aromatic nitrogens is 1. The molecule has 2 aromatic rings. The zero-order chi connectivity index (χ0) is 24.7. The number of ether oxygens (including phenoxy) is 2. The smallest absolute Gasteiger partial charge is 0.418 e. The number of pyridine rings is 1. The fourth-order valence-corrected chi connectivity index (χ4v) is 5.03. The van der Waals surface area contributed by atoms with Gasteiger partial charge in [-0.2, -0.15) is 13.2 Å². The third-order valence-corrected chi connectivity index (χ3v) is 6.56. The summed E-state index contributed by atoms with van der Waals surface area (Å²) in [6.45, 7) is -0.502. The van der Waals surface area contributed by atoms with E-state index in [1.807, 2.05) is 0 Å². The highest BCUT2D eigenvalue weighted by Gasteiger charge is 2.66. The number of alkyl halides is 3. The molecular weight excluding hydrogens is 482 g/mol. The highest BCUT2D eigenvalue weighted by Crippen LogP contribution is 2.63. The topological polar surface area (TPSA) is 104 Å².